The molecule has 3 amide bonds. The van der Waals surface area contributed by atoms with Crippen molar-refractivity contribution in [1.82, 2.24) is 5.32 Å². The number of hydrogen-bond donors (Lipinski definition) is 3. The van der Waals surface area contributed by atoms with Crippen molar-refractivity contribution in [2.45, 2.75) is 13.3 Å². The van der Waals surface area contributed by atoms with Gasteiger partial charge >= 0.3 is 6.03 Å². The number of carbonyl (C=O) groups is 2. The minimum Gasteiger partial charge on any atom is -0.496 e. The fraction of sp³-hybridized carbons (Fsp3) is 0.263. The van der Waals surface area contributed by atoms with Gasteiger partial charge in [0.1, 0.15) is 11.5 Å². The molecule has 0 aliphatic rings. The molecule has 0 aliphatic carbocycles. The highest BCUT2D eigenvalue weighted by atomic mass is 16.5. The SMILES string of the molecule is COc1ccccc1CCNC(=O)Nc1ccc(OC)c(NC(C)=O)c1. The van der Waals surface area contributed by atoms with Gasteiger partial charge in [-0.25, -0.2) is 4.79 Å². The molecule has 138 valence electrons. The Bertz CT molecular complexity index is 777. The van der Waals surface area contributed by atoms with Gasteiger partial charge in [-0.05, 0) is 36.2 Å². The number of para-hydroxylation sites is 1. The molecule has 0 spiro atoms. The number of anilines is 2. The first-order valence-corrected chi connectivity index (χ1v) is 8.16. The van der Waals surface area contributed by atoms with Gasteiger partial charge in [-0.3, -0.25) is 4.79 Å². The van der Waals surface area contributed by atoms with Gasteiger partial charge in [0, 0.05) is 19.2 Å². The van der Waals surface area contributed by atoms with E-state index in [1.807, 2.05) is 24.3 Å². The molecule has 0 aliphatic heterocycles. The second-order valence-corrected chi connectivity index (χ2v) is 5.54. The van der Waals surface area contributed by atoms with E-state index < -0.39 is 0 Å². The maximum atomic E-state index is 12.1. The Morgan fingerprint density at radius 3 is 2.38 bits per heavy atom. The molecule has 0 saturated carbocycles. The van der Waals surface area contributed by atoms with Crippen LogP contribution in [0.4, 0.5) is 16.2 Å². The van der Waals surface area contributed by atoms with Crippen molar-refractivity contribution in [3.05, 3.63) is 48.0 Å². The van der Waals surface area contributed by atoms with E-state index >= 15 is 0 Å². The normalized spacial score (nSPS) is 9.96. The summed E-state index contributed by atoms with van der Waals surface area (Å²) in [5, 5.41) is 8.19. The number of rotatable bonds is 7. The van der Waals surface area contributed by atoms with E-state index in [0.29, 0.717) is 30.1 Å². The van der Waals surface area contributed by atoms with Crippen LogP contribution in [0.15, 0.2) is 42.5 Å². The van der Waals surface area contributed by atoms with Crippen LogP contribution in [0, 0.1) is 0 Å². The number of urea groups is 1. The smallest absolute Gasteiger partial charge is 0.319 e. The van der Waals surface area contributed by atoms with Gasteiger partial charge in [0.15, 0.2) is 0 Å². The Balaban J connectivity index is 1.92. The molecule has 0 fully saturated rings. The number of benzene rings is 2. The lowest BCUT2D eigenvalue weighted by Crippen LogP contribution is -2.30. The van der Waals surface area contributed by atoms with Gasteiger partial charge in [0.05, 0.1) is 19.9 Å². The quantitative estimate of drug-likeness (QED) is 0.711. The van der Waals surface area contributed by atoms with Crippen molar-refractivity contribution in [2.24, 2.45) is 0 Å². The van der Waals surface area contributed by atoms with Crippen LogP contribution in [-0.2, 0) is 11.2 Å². The number of ether oxygens (including phenoxy) is 2. The number of methoxy groups -OCH3 is 2. The zero-order valence-corrected chi connectivity index (χ0v) is 15.1. The molecule has 0 aromatic heterocycles. The van der Waals surface area contributed by atoms with Crippen LogP contribution in [-0.4, -0.2) is 32.7 Å². The Hall–Kier alpha value is -3.22. The Kier molecular flexibility index (Phi) is 6.84. The Morgan fingerprint density at radius 2 is 1.69 bits per heavy atom. The van der Waals surface area contributed by atoms with E-state index in [1.165, 1.54) is 14.0 Å². The van der Waals surface area contributed by atoms with Gasteiger partial charge in [0.2, 0.25) is 5.91 Å². The summed E-state index contributed by atoms with van der Waals surface area (Å²) in [5.41, 5.74) is 2.06. The average molecular weight is 357 g/mol. The van der Waals surface area contributed by atoms with Gasteiger partial charge < -0.3 is 25.4 Å². The van der Waals surface area contributed by atoms with Gasteiger partial charge in [0.25, 0.3) is 0 Å². The average Bonchev–Trinajstić information content (AvgIpc) is 2.62. The minimum atomic E-state index is -0.334. The van der Waals surface area contributed by atoms with Gasteiger partial charge in [-0.1, -0.05) is 18.2 Å². The summed E-state index contributed by atoms with van der Waals surface area (Å²) in [6, 6.07) is 12.4. The third-order valence-corrected chi connectivity index (χ3v) is 3.64. The molecule has 0 bridgehead atoms. The predicted molar refractivity (Wildman–Crippen MR) is 101 cm³/mol. The van der Waals surface area contributed by atoms with Crippen molar-refractivity contribution in [3.8, 4) is 11.5 Å². The maximum Gasteiger partial charge on any atom is 0.319 e. The van der Waals surface area contributed by atoms with Crippen LogP contribution in [0.1, 0.15) is 12.5 Å². The number of hydrogen-bond acceptors (Lipinski definition) is 4. The van der Waals surface area contributed by atoms with Crippen LogP contribution in [0.2, 0.25) is 0 Å². The zero-order valence-electron chi connectivity index (χ0n) is 15.1. The highest BCUT2D eigenvalue weighted by Crippen LogP contribution is 2.27. The summed E-state index contributed by atoms with van der Waals surface area (Å²) >= 11 is 0. The van der Waals surface area contributed by atoms with Crippen molar-refractivity contribution in [3.63, 3.8) is 0 Å². The lowest BCUT2D eigenvalue weighted by Gasteiger charge is -2.13. The summed E-state index contributed by atoms with van der Waals surface area (Å²) in [4.78, 5) is 23.3. The minimum absolute atomic E-state index is 0.221. The number of nitrogens with one attached hydrogen (secondary N) is 3. The molecule has 7 heteroatoms. The summed E-state index contributed by atoms with van der Waals surface area (Å²) in [5.74, 6) is 1.09. The van der Waals surface area contributed by atoms with E-state index in [4.69, 9.17) is 9.47 Å². The molecule has 0 atom stereocenters. The molecule has 26 heavy (non-hydrogen) atoms. The molecule has 0 unspecified atom stereocenters. The standard InChI is InChI=1S/C19H23N3O4/c1-13(23)21-16-12-15(8-9-18(16)26-3)22-19(24)20-11-10-14-6-4-5-7-17(14)25-2/h4-9,12H,10-11H2,1-3H3,(H,21,23)(H2,20,22,24). The van der Waals surface area contributed by atoms with E-state index in [0.717, 1.165) is 11.3 Å². The highest BCUT2D eigenvalue weighted by Gasteiger charge is 2.08. The van der Waals surface area contributed by atoms with E-state index in [-0.39, 0.29) is 11.9 Å². The van der Waals surface area contributed by atoms with Gasteiger partial charge in [-0.2, -0.15) is 0 Å². The van der Waals surface area contributed by atoms with Crippen LogP contribution in [0.5, 0.6) is 11.5 Å². The molecule has 0 radical (unpaired) electrons. The number of amides is 3. The third-order valence-electron chi connectivity index (χ3n) is 3.64. The molecule has 2 aromatic rings. The van der Waals surface area contributed by atoms with E-state index in [1.54, 1.807) is 25.3 Å². The van der Waals surface area contributed by atoms with Gasteiger partial charge in [-0.15, -0.1) is 0 Å². The molecule has 0 saturated heterocycles. The zero-order chi connectivity index (χ0) is 18.9. The molecule has 2 rings (SSSR count). The van der Waals surface area contributed by atoms with Crippen LogP contribution in [0.3, 0.4) is 0 Å². The van der Waals surface area contributed by atoms with Crippen LogP contribution in [0.25, 0.3) is 0 Å². The molecule has 0 heterocycles. The lowest BCUT2D eigenvalue weighted by molar-refractivity contribution is -0.114. The lowest BCUT2D eigenvalue weighted by atomic mass is 10.1. The summed E-state index contributed by atoms with van der Waals surface area (Å²) in [6.45, 7) is 1.87. The molecular weight excluding hydrogens is 334 g/mol. The largest absolute Gasteiger partial charge is 0.496 e. The number of carbonyl (C=O) groups excluding carboxylic acids is 2. The van der Waals surface area contributed by atoms with Crippen molar-refractivity contribution in [2.75, 3.05) is 31.4 Å². The monoisotopic (exact) mass is 357 g/mol. The fourth-order valence-electron chi connectivity index (χ4n) is 2.47. The third kappa shape index (κ3) is 5.41. The van der Waals surface area contributed by atoms with Crippen molar-refractivity contribution in [1.29, 1.82) is 0 Å². The second-order valence-electron chi connectivity index (χ2n) is 5.54. The maximum absolute atomic E-state index is 12.1. The van der Waals surface area contributed by atoms with E-state index in [9.17, 15) is 9.59 Å². The second kappa shape index (κ2) is 9.31. The summed E-state index contributed by atoms with van der Waals surface area (Å²) in [7, 11) is 3.13. The summed E-state index contributed by atoms with van der Waals surface area (Å²) in [6.07, 6.45) is 0.650. The molecule has 7 nitrogen and oxygen atoms in total. The molecule has 3 N–H and O–H groups in total. The first kappa shape index (κ1) is 19.1. The first-order valence-electron chi connectivity index (χ1n) is 8.16. The predicted octanol–water partition coefficient (Wildman–Crippen LogP) is 3.03. The Morgan fingerprint density at radius 1 is 0.962 bits per heavy atom. The van der Waals surface area contributed by atoms with Crippen LogP contribution >= 0.6 is 0 Å². The van der Waals surface area contributed by atoms with Crippen LogP contribution < -0.4 is 25.4 Å². The summed E-state index contributed by atoms with van der Waals surface area (Å²) < 4.78 is 10.5. The fourth-order valence-corrected chi connectivity index (χ4v) is 2.47. The highest BCUT2D eigenvalue weighted by molar-refractivity contribution is 5.94. The van der Waals surface area contributed by atoms with Crippen molar-refractivity contribution >= 4 is 23.3 Å². The van der Waals surface area contributed by atoms with E-state index in [2.05, 4.69) is 16.0 Å². The topological polar surface area (TPSA) is 88.7 Å². The molecule has 2 aromatic carbocycles. The Labute approximate surface area is 152 Å². The molecular formula is C19H23N3O4. The first-order chi connectivity index (χ1) is 12.5. The van der Waals surface area contributed by atoms with Crippen molar-refractivity contribution < 1.29 is 19.1 Å².